The van der Waals surface area contributed by atoms with Gasteiger partial charge in [-0.25, -0.2) is 13.4 Å². The summed E-state index contributed by atoms with van der Waals surface area (Å²) < 4.78 is 69.1. The molecule has 170 valence electrons. The van der Waals surface area contributed by atoms with Gasteiger partial charge < -0.3 is 15.0 Å². The van der Waals surface area contributed by atoms with Crippen LogP contribution in [0, 0.1) is 6.92 Å². The number of hydrogen-bond donors (Lipinski definition) is 2. The summed E-state index contributed by atoms with van der Waals surface area (Å²) in [6, 6.07) is 12.4. The van der Waals surface area contributed by atoms with Crippen molar-refractivity contribution in [2.24, 2.45) is 0 Å². The van der Waals surface area contributed by atoms with E-state index in [-0.39, 0.29) is 5.69 Å². The number of para-hydroxylation sites is 1. The quantitative estimate of drug-likeness (QED) is 0.535. The molecule has 0 fully saturated rings. The molecule has 0 saturated heterocycles. The van der Waals surface area contributed by atoms with Gasteiger partial charge >= 0.3 is 6.36 Å². The average Bonchev–Trinajstić information content (AvgIpc) is 2.68. The van der Waals surface area contributed by atoms with E-state index in [9.17, 15) is 21.6 Å². The minimum atomic E-state index is -5.02. The summed E-state index contributed by atoms with van der Waals surface area (Å²) in [6.07, 6.45) is -5.02. The molecule has 3 aromatic rings. The molecule has 3 rings (SSSR count). The van der Waals surface area contributed by atoms with Crippen molar-refractivity contribution in [3.63, 3.8) is 0 Å². The van der Waals surface area contributed by atoms with Crippen LogP contribution in [0.3, 0.4) is 0 Å². The second-order valence-corrected chi connectivity index (χ2v) is 8.54. The first-order chi connectivity index (χ1) is 14.9. The number of aryl methyl sites for hydroxylation is 1. The lowest BCUT2D eigenvalue weighted by molar-refractivity contribution is -0.275. The molecular weight excluding hydrogens is 447 g/mol. The lowest BCUT2D eigenvalue weighted by Crippen LogP contribution is -2.20. The number of anilines is 4. The molecule has 0 unspecified atom stereocenters. The van der Waals surface area contributed by atoms with Crippen molar-refractivity contribution >= 4 is 33.2 Å². The number of benzene rings is 2. The van der Waals surface area contributed by atoms with Gasteiger partial charge in [0.25, 0.3) is 10.0 Å². The molecule has 0 bridgehead atoms. The third-order valence-electron chi connectivity index (χ3n) is 4.06. The number of hydrogen-bond acceptors (Lipinski definition) is 7. The normalized spacial score (nSPS) is 11.7. The largest absolute Gasteiger partial charge is 0.573 e. The van der Waals surface area contributed by atoms with Crippen molar-refractivity contribution in [2.75, 3.05) is 29.0 Å². The first-order valence-corrected chi connectivity index (χ1v) is 10.7. The summed E-state index contributed by atoms with van der Waals surface area (Å²) in [5.74, 6) is 0.253. The summed E-state index contributed by atoms with van der Waals surface area (Å²) in [5, 5.41) is 3.03. The lowest BCUT2D eigenvalue weighted by atomic mass is 10.3. The Morgan fingerprint density at radius 2 is 1.59 bits per heavy atom. The van der Waals surface area contributed by atoms with Crippen molar-refractivity contribution in [1.29, 1.82) is 0 Å². The van der Waals surface area contributed by atoms with E-state index in [0.29, 0.717) is 17.5 Å². The van der Waals surface area contributed by atoms with Gasteiger partial charge in [0.15, 0.2) is 0 Å². The maximum absolute atomic E-state index is 12.6. The summed E-state index contributed by atoms with van der Waals surface area (Å²) in [7, 11) is -0.631. The van der Waals surface area contributed by atoms with Gasteiger partial charge in [-0.3, -0.25) is 4.72 Å². The molecule has 0 saturated carbocycles. The zero-order valence-electron chi connectivity index (χ0n) is 17.3. The Bertz CT molecular complexity index is 1200. The number of nitrogens with one attached hydrogen (secondary N) is 2. The van der Waals surface area contributed by atoms with E-state index in [1.807, 2.05) is 32.0 Å². The van der Waals surface area contributed by atoms with Crippen molar-refractivity contribution in [1.82, 2.24) is 9.97 Å². The molecular formula is C20H20F3N5O3S. The lowest BCUT2D eigenvalue weighted by Gasteiger charge is -2.15. The zero-order valence-corrected chi connectivity index (χ0v) is 18.1. The van der Waals surface area contributed by atoms with E-state index in [2.05, 4.69) is 24.7 Å². The number of ether oxygens (including phenoxy) is 1. The molecule has 2 aromatic carbocycles. The second-order valence-electron chi connectivity index (χ2n) is 6.89. The van der Waals surface area contributed by atoms with Gasteiger partial charge in [0, 0.05) is 37.2 Å². The topological polar surface area (TPSA) is 96.5 Å². The van der Waals surface area contributed by atoms with Crippen LogP contribution >= 0.6 is 0 Å². The van der Waals surface area contributed by atoms with Crippen LogP contribution in [0.15, 0.2) is 59.5 Å². The monoisotopic (exact) mass is 467 g/mol. The third-order valence-corrected chi connectivity index (χ3v) is 5.48. The van der Waals surface area contributed by atoms with Crippen LogP contribution in [-0.4, -0.2) is 38.8 Å². The van der Waals surface area contributed by atoms with Crippen LogP contribution < -0.4 is 19.7 Å². The number of rotatable bonds is 7. The zero-order chi connectivity index (χ0) is 23.5. The number of alkyl halides is 3. The van der Waals surface area contributed by atoms with E-state index in [0.717, 1.165) is 17.8 Å². The molecule has 12 heteroatoms. The predicted molar refractivity (Wildman–Crippen MR) is 115 cm³/mol. The Balaban J connectivity index is 1.78. The van der Waals surface area contributed by atoms with E-state index in [1.165, 1.54) is 24.3 Å². The predicted octanol–water partition coefficient (Wildman–Crippen LogP) is 4.29. The van der Waals surface area contributed by atoms with Gasteiger partial charge in [0.05, 0.1) is 0 Å². The minimum Gasteiger partial charge on any atom is -0.404 e. The fourth-order valence-electron chi connectivity index (χ4n) is 2.68. The van der Waals surface area contributed by atoms with Gasteiger partial charge in [-0.1, -0.05) is 12.1 Å². The minimum absolute atomic E-state index is 0.150. The Morgan fingerprint density at radius 1 is 0.969 bits per heavy atom. The number of halogens is 3. The smallest absolute Gasteiger partial charge is 0.404 e. The maximum atomic E-state index is 12.6. The van der Waals surface area contributed by atoms with Gasteiger partial charge in [0.2, 0.25) is 5.95 Å². The molecule has 32 heavy (non-hydrogen) atoms. The van der Waals surface area contributed by atoms with Crippen LogP contribution in [0.2, 0.25) is 0 Å². The van der Waals surface area contributed by atoms with Crippen LogP contribution in [0.25, 0.3) is 0 Å². The average molecular weight is 467 g/mol. The van der Waals surface area contributed by atoms with E-state index >= 15 is 0 Å². The molecule has 1 heterocycles. The van der Waals surface area contributed by atoms with Crippen molar-refractivity contribution in [2.45, 2.75) is 18.2 Å². The van der Waals surface area contributed by atoms with Crippen LogP contribution in [0.5, 0.6) is 5.75 Å². The molecule has 0 aliphatic heterocycles. The number of nitrogens with zero attached hydrogens (tertiary/aromatic N) is 3. The highest BCUT2D eigenvalue weighted by atomic mass is 32.2. The highest BCUT2D eigenvalue weighted by Crippen LogP contribution is 2.30. The summed E-state index contributed by atoms with van der Waals surface area (Å²) in [6.45, 7) is 1.83. The third kappa shape index (κ3) is 6.00. The van der Waals surface area contributed by atoms with Crippen LogP contribution in [-0.2, 0) is 10.0 Å². The van der Waals surface area contributed by atoms with Crippen molar-refractivity contribution in [3.8, 4) is 5.75 Å². The Labute approximate surface area is 183 Å². The van der Waals surface area contributed by atoms with Crippen molar-refractivity contribution in [3.05, 3.63) is 60.3 Å². The Kier molecular flexibility index (Phi) is 6.44. The molecule has 0 spiro atoms. The molecule has 0 atom stereocenters. The van der Waals surface area contributed by atoms with E-state index in [4.69, 9.17) is 0 Å². The van der Waals surface area contributed by atoms with E-state index in [1.54, 1.807) is 12.1 Å². The fraction of sp³-hybridized carbons (Fsp3) is 0.200. The SMILES string of the molecule is Cc1cc(N(C)C)nc(Nc2ccc(NS(=O)(=O)c3ccccc3OC(F)(F)F)cc2)n1. The first kappa shape index (κ1) is 23.1. The second kappa shape index (κ2) is 8.91. The number of aromatic nitrogens is 2. The highest BCUT2D eigenvalue weighted by molar-refractivity contribution is 7.92. The molecule has 2 N–H and O–H groups in total. The Hall–Kier alpha value is -3.54. The van der Waals surface area contributed by atoms with Gasteiger partial charge in [0.1, 0.15) is 16.5 Å². The van der Waals surface area contributed by atoms with Crippen molar-refractivity contribution < 1.29 is 26.3 Å². The number of sulfonamides is 1. The van der Waals surface area contributed by atoms with E-state index < -0.39 is 27.0 Å². The highest BCUT2D eigenvalue weighted by Gasteiger charge is 2.34. The molecule has 0 radical (unpaired) electrons. The molecule has 0 amide bonds. The van der Waals surface area contributed by atoms with Gasteiger partial charge in [-0.05, 0) is 43.3 Å². The standard InChI is InChI=1S/C20H20F3N5O3S/c1-13-12-18(28(2)3)26-19(24-13)25-14-8-10-15(11-9-14)27-32(29,30)17-7-5-4-6-16(17)31-20(21,22)23/h4-12,27H,1-3H3,(H,24,25,26). The Morgan fingerprint density at radius 3 is 2.22 bits per heavy atom. The summed E-state index contributed by atoms with van der Waals surface area (Å²) in [5.41, 5.74) is 1.50. The van der Waals surface area contributed by atoms with Crippen LogP contribution in [0.4, 0.5) is 36.3 Å². The summed E-state index contributed by atoms with van der Waals surface area (Å²) in [4.78, 5) is 9.88. The molecule has 0 aliphatic rings. The maximum Gasteiger partial charge on any atom is 0.573 e. The van der Waals surface area contributed by atoms with Crippen LogP contribution in [0.1, 0.15) is 5.69 Å². The van der Waals surface area contributed by atoms with Gasteiger partial charge in [-0.15, -0.1) is 13.2 Å². The summed E-state index contributed by atoms with van der Waals surface area (Å²) >= 11 is 0. The molecule has 1 aromatic heterocycles. The molecule has 0 aliphatic carbocycles. The fourth-order valence-corrected chi connectivity index (χ4v) is 3.87. The van der Waals surface area contributed by atoms with Gasteiger partial charge in [-0.2, -0.15) is 4.98 Å². The molecule has 8 nitrogen and oxygen atoms in total. The first-order valence-electron chi connectivity index (χ1n) is 9.21.